The summed E-state index contributed by atoms with van der Waals surface area (Å²) < 4.78 is 38.7. The Balaban J connectivity index is 2.33. The van der Waals surface area contributed by atoms with Crippen LogP contribution < -0.4 is 5.32 Å². The lowest BCUT2D eigenvalue weighted by Gasteiger charge is -2.16. The molecule has 23 heavy (non-hydrogen) atoms. The number of para-hydroxylation sites is 1. The molecule has 120 valence electrons. The van der Waals surface area contributed by atoms with E-state index in [1.807, 2.05) is 0 Å². The fourth-order valence-electron chi connectivity index (χ4n) is 2.10. The van der Waals surface area contributed by atoms with Gasteiger partial charge >= 0.3 is 12.1 Å². The summed E-state index contributed by atoms with van der Waals surface area (Å²) in [6.45, 7) is 0. The third-order valence-corrected chi connectivity index (χ3v) is 3.13. The minimum Gasteiger partial charge on any atom is -0.480 e. The van der Waals surface area contributed by atoms with Crippen LogP contribution in [0.3, 0.4) is 0 Å². The number of halogens is 3. The molecule has 2 aromatic rings. The van der Waals surface area contributed by atoms with Crippen LogP contribution in [-0.2, 0) is 15.8 Å². The van der Waals surface area contributed by atoms with E-state index in [0.29, 0.717) is 0 Å². The molecule has 0 fully saturated rings. The van der Waals surface area contributed by atoms with E-state index in [-0.39, 0.29) is 5.56 Å². The minimum absolute atomic E-state index is 0.182. The summed E-state index contributed by atoms with van der Waals surface area (Å²) >= 11 is 0. The Kier molecular flexibility index (Phi) is 4.68. The normalized spacial score (nSPS) is 12.5. The summed E-state index contributed by atoms with van der Waals surface area (Å²) in [6, 6.07) is 12.0. The van der Waals surface area contributed by atoms with E-state index >= 15 is 0 Å². The third-order valence-electron chi connectivity index (χ3n) is 3.13. The molecule has 0 aliphatic rings. The molecule has 1 unspecified atom stereocenters. The zero-order chi connectivity index (χ0) is 17.0. The molecule has 0 spiro atoms. The van der Waals surface area contributed by atoms with Gasteiger partial charge in [0.15, 0.2) is 5.92 Å². The molecule has 0 radical (unpaired) electrons. The highest BCUT2D eigenvalue weighted by Crippen LogP contribution is 2.35. The molecule has 1 atom stereocenters. The van der Waals surface area contributed by atoms with E-state index < -0.39 is 35.2 Å². The quantitative estimate of drug-likeness (QED) is 0.846. The maximum absolute atomic E-state index is 12.9. The van der Waals surface area contributed by atoms with Crippen molar-refractivity contribution >= 4 is 17.6 Å². The summed E-state index contributed by atoms with van der Waals surface area (Å²) in [7, 11) is 0. The van der Waals surface area contributed by atoms with E-state index in [0.717, 1.165) is 12.1 Å². The van der Waals surface area contributed by atoms with Gasteiger partial charge in [-0.2, -0.15) is 13.2 Å². The fraction of sp³-hybridized carbons (Fsp3) is 0.125. The molecule has 0 heterocycles. The Labute approximate surface area is 129 Å². The number of hydrogen-bond acceptors (Lipinski definition) is 2. The number of carboxylic acid groups (broad SMARTS) is 1. The highest BCUT2D eigenvalue weighted by atomic mass is 19.4. The molecule has 4 nitrogen and oxygen atoms in total. The standard InChI is InChI=1S/C16H12F3NO3/c17-16(18,19)11-8-4-5-9-12(11)20-14(21)13(15(22)23)10-6-2-1-3-7-10/h1-9,13H,(H,20,21)(H,22,23). The van der Waals surface area contributed by atoms with Crippen molar-refractivity contribution in [3.63, 3.8) is 0 Å². The van der Waals surface area contributed by atoms with E-state index in [9.17, 15) is 27.9 Å². The Bertz CT molecular complexity index is 714. The smallest absolute Gasteiger partial charge is 0.418 e. The van der Waals surface area contributed by atoms with Gasteiger partial charge in [0.2, 0.25) is 5.91 Å². The molecule has 0 aliphatic carbocycles. The lowest BCUT2D eigenvalue weighted by molar-refractivity contribution is -0.141. The first-order valence-corrected chi connectivity index (χ1v) is 6.55. The van der Waals surface area contributed by atoms with Crippen molar-refractivity contribution in [3.05, 3.63) is 65.7 Å². The lowest BCUT2D eigenvalue weighted by atomic mass is 9.98. The summed E-state index contributed by atoms with van der Waals surface area (Å²) in [5.74, 6) is -4.09. The maximum atomic E-state index is 12.9. The van der Waals surface area contributed by atoms with Gasteiger partial charge < -0.3 is 10.4 Å². The molecule has 2 aromatic carbocycles. The molecular weight excluding hydrogens is 311 g/mol. The van der Waals surface area contributed by atoms with Gasteiger partial charge in [0.1, 0.15) is 0 Å². The average Bonchev–Trinajstić information content (AvgIpc) is 2.47. The van der Waals surface area contributed by atoms with E-state index in [1.165, 1.54) is 24.3 Å². The zero-order valence-electron chi connectivity index (χ0n) is 11.7. The van der Waals surface area contributed by atoms with Gasteiger partial charge in [-0.1, -0.05) is 42.5 Å². The van der Waals surface area contributed by atoms with E-state index in [2.05, 4.69) is 5.32 Å². The van der Waals surface area contributed by atoms with Crippen LogP contribution in [0, 0.1) is 0 Å². The third kappa shape index (κ3) is 3.88. The number of nitrogens with one attached hydrogen (secondary N) is 1. The van der Waals surface area contributed by atoms with Crippen LogP contribution in [0.4, 0.5) is 18.9 Å². The van der Waals surface area contributed by atoms with Gasteiger partial charge in [0.25, 0.3) is 0 Å². The van der Waals surface area contributed by atoms with Crippen LogP contribution >= 0.6 is 0 Å². The topological polar surface area (TPSA) is 66.4 Å². The number of carbonyl (C=O) groups is 2. The number of benzene rings is 2. The zero-order valence-corrected chi connectivity index (χ0v) is 11.7. The van der Waals surface area contributed by atoms with Crippen LogP contribution in [0.1, 0.15) is 17.0 Å². The molecule has 0 saturated carbocycles. The van der Waals surface area contributed by atoms with Crippen molar-refractivity contribution in [2.45, 2.75) is 12.1 Å². The molecular formula is C16H12F3NO3. The highest BCUT2D eigenvalue weighted by Gasteiger charge is 2.35. The largest absolute Gasteiger partial charge is 0.480 e. The summed E-state index contributed by atoms with van der Waals surface area (Å²) in [4.78, 5) is 23.5. The SMILES string of the molecule is O=C(O)C(C(=O)Nc1ccccc1C(F)(F)F)c1ccccc1. The lowest BCUT2D eigenvalue weighted by Crippen LogP contribution is -2.28. The van der Waals surface area contributed by atoms with E-state index in [1.54, 1.807) is 18.2 Å². The van der Waals surface area contributed by atoms with Crippen LogP contribution in [-0.4, -0.2) is 17.0 Å². The first-order chi connectivity index (χ1) is 10.8. The van der Waals surface area contributed by atoms with E-state index in [4.69, 9.17) is 0 Å². The predicted octanol–water partition coefficient (Wildman–Crippen LogP) is 3.51. The first kappa shape index (κ1) is 16.5. The van der Waals surface area contributed by atoms with Crippen molar-refractivity contribution in [1.82, 2.24) is 0 Å². The van der Waals surface area contributed by atoms with Crippen molar-refractivity contribution < 1.29 is 27.9 Å². The van der Waals surface area contributed by atoms with Crippen LogP contribution in [0.25, 0.3) is 0 Å². The second kappa shape index (κ2) is 6.51. The summed E-state index contributed by atoms with van der Waals surface area (Å²) in [5.41, 5.74) is -1.33. The Morgan fingerprint density at radius 1 is 0.957 bits per heavy atom. The molecule has 0 saturated heterocycles. The number of amides is 1. The second-order valence-corrected chi connectivity index (χ2v) is 4.71. The van der Waals surface area contributed by atoms with Crippen molar-refractivity contribution in [2.24, 2.45) is 0 Å². The van der Waals surface area contributed by atoms with Gasteiger partial charge in [-0.25, -0.2) is 0 Å². The number of rotatable bonds is 4. The molecule has 2 N–H and O–H groups in total. The molecule has 0 bridgehead atoms. The molecule has 0 aliphatic heterocycles. The number of carboxylic acids is 1. The average molecular weight is 323 g/mol. The molecule has 1 amide bonds. The number of hydrogen-bond donors (Lipinski definition) is 2. The van der Waals surface area contributed by atoms with Crippen LogP contribution in [0.15, 0.2) is 54.6 Å². The van der Waals surface area contributed by atoms with Gasteiger partial charge in [-0.3, -0.25) is 9.59 Å². The summed E-state index contributed by atoms with van der Waals surface area (Å²) in [6.07, 6.45) is -4.66. The molecule has 2 rings (SSSR count). The first-order valence-electron chi connectivity index (χ1n) is 6.55. The van der Waals surface area contributed by atoms with Crippen LogP contribution in [0.5, 0.6) is 0 Å². The number of anilines is 1. The van der Waals surface area contributed by atoms with Crippen molar-refractivity contribution in [1.29, 1.82) is 0 Å². The highest BCUT2D eigenvalue weighted by molar-refractivity contribution is 6.09. The maximum Gasteiger partial charge on any atom is 0.418 e. The van der Waals surface area contributed by atoms with Gasteiger partial charge in [0, 0.05) is 0 Å². The van der Waals surface area contributed by atoms with Crippen LogP contribution in [0.2, 0.25) is 0 Å². The second-order valence-electron chi connectivity index (χ2n) is 4.71. The Morgan fingerprint density at radius 3 is 2.09 bits per heavy atom. The van der Waals surface area contributed by atoms with Gasteiger partial charge in [-0.15, -0.1) is 0 Å². The molecule has 7 heteroatoms. The monoisotopic (exact) mass is 323 g/mol. The number of alkyl halides is 3. The number of aliphatic carboxylic acids is 1. The predicted molar refractivity (Wildman–Crippen MR) is 76.9 cm³/mol. The fourth-order valence-corrected chi connectivity index (χ4v) is 2.10. The van der Waals surface area contributed by atoms with Gasteiger partial charge in [0.05, 0.1) is 11.3 Å². The van der Waals surface area contributed by atoms with Gasteiger partial charge in [-0.05, 0) is 17.7 Å². The number of carbonyl (C=O) groups excluding carboxylic acids is 1. The van der Waals surface area contributed by atoms with Crippen molar-refractivity contribution in [2.75, 3.05) is 5.32 Å². The minimum atomic E-state index is -4.66. The molecule has 0 aromatic heterocycles. The Morgan fingerprint density at radius 2 is 1.52 bits per heavy atom. The summed E-state index contributed by atoms with van der Waals surface area (Å²) in [5, 5.41) is 11.3. The Hall–Kier alpha value is -2.83. The van der Waals surface area contributed by atoms with Crippen molar-refractivity contribution in [3.8, 4) is 0 Å².